The number of rotatable bonds is 9. The summed E-state index contributed by atoms with van der Waals surface area (Å²) in [6, 6.07) is 9.97. The zero-order valence-electron chi connectivity index (χ0n) is 13.4. The Morgan fingerprint density at radius 1 is 1.29 bits per heavy atom. The summed E-state index contributed by atoms with van der Waals surface area (Å²) in [5.41, 5.74) is 1.03. The van der Waals surface area contributed by atoms with E-state index in [4.69, 9.17) is 0 Å². The maximum Gasteiger partial charge on any atom is 0.407 e. The summed E-state index contributed by atoms with van der Waals surface area (Å²) in [5.74, 6) is 0.548. The van der Waals surface area contributed by atoms with E-state index >= 15 is 0 Å². The number of carboxylic acid groups (broad SMARTS) is 1. The molecule has 4 heteroatoms. The summed E-state index contributed by atoms with van der Waals surface area (Å²) >= 11 is 0. The second kappa shape index (κ2) is 9.40. The SMILES string of the molecule is CCCN[C@@H](CC(C)C)CN(Cc1ccccc1)C(=O)O. The maximum absolute atomic E-state index is 11.5. The highest BCUT2D eigenvalue weighted by Crippen LogP contribution is 2.10. The van der Waals surface area contributed by atoms with Gasteiger partial charge in [-0.2, -0.15) is 0 Å². The van der Waals surface area contributed by atoms with Gasteiger partial charge in [0.1, 0.15) is 0 Å². The third-order valence-corrected chi connectivity index (χ3v) is 3.37. The number of amides is 1. The molecule has 2 N–H and O–H groups in total. The van der Waals surface area contributed by atoms with Crippen molar-refractivity contribution in [1.82, 2.24) is 10.2 Å². The number of benzene rings is 1. The van der Waals surface area contributed by atoms with Crippen LogP contribution in [0.2, 0.25) is 0 Å². The van der Waals surface area contributed by atoms with Crippen LogP contribution in [-0.2, 0) is 6.54 Å². The molecule has 0 aliphatic carbocycles. The predicted octanol–water partition coefficient (Wildman–Crippen LogP) is 3.58. The van der Waals surface area contributed by atoms with Crippen molar-refractivity contribution in [2.75, 3.05) is 13.1 Å². The van der Waals surface area contributed by atoms with Gasteiger partial charge in [0, 0.05) is 19.1 Å². The number of carbonyl (C=O) groups is 1. The molecule has 0 saturated heterocycles. The molecule has 118 valence electrons. The highest BCUT2D eigenvalue weighted by molar-refractivity contribution is 5.65. The molecule has 0 heterocycles. The van der Waals surface area contributed by atoms with Gasteiger partial charge in [0.25, 0.3) is 0 Å². The van der Waals surface area contributed by atoms with Gasteiger partial charge in [-0.25, -0.2) is 4.79 Å². The van der Waals surface area contributed by atoms with Crippen LogP contribution in [0.25, 0.3) is 0 Å². The summed E-state index contributed by atoms with van der Waals surface area (Å²) in [5, 5.41) is 12.9. The first-order chi connectivity index (χ1) is 10.0. The van der Waals surface area contributed by atoms with E-state index in [1.807, 2.05) is 30.3 Å². The average molecular weight is 292 g/mol. The Hall–Kier alpha value is -1.55. The highest BCUT2D eigenvalue weighted by Gasteiger charge is 2.19. The molecule has 1 amide bonds. The molecule has 0 aliphatic heterocycles. The van der Waals surface area contributed by atoms with Crippen molar-refractivity contribution in [3.8, 4) is 0 Å². The largest absolute Gasteiger partial charge is 0.465 e. The molecule has 0 saturated carbocycles. The summed E-state index contributed by atoms with van der Waals surface area (Å²) in [6.07, 6.45) is 1.18. The molecule has 21 heavy (non-hydrogen) atoms. The van der Waals surface area contributed by atoms with E-state index in [0.717, 1.165) is 24.9 Å². The normalized spacial score (nSPS) is 12.4. The van der Waals surface area contributed by atoms with Crippen LogP contribution in [0.3, 0.4) is 0 Å². The van der Waals surface area contributed by atoms with Gasteiger partial charge >= 0.3 is 6.09 Å². The Kier molecular flexibility index (Phi) is 7.83. The van der Waals surface area contributed by atoms with Crippen LogP contribution in [-0.4, -0.2) is 35.2 Å². The van der Waals surface area contributed by atoms with Gasteiger partial charge in [0.15, 0.2) is 0 Å². The van der Waals surface area contributed by atoms with Crippen LogP contribution in [0.5, 0.6) is 0 Å². The third-order valence-electron chi connectivity index (χ3n) is 3.37. The Morgan fingerprint density at radius 2 is 1.95 bits per heavy atom. The minimum absolute atomic E-state index is 0.213. The summed E-state index contributed by atoms with van der Waals surface area (Å²) in [6.45, 7) is 8.36. The number of nitrogens with zero attached hydrogens (tertiary/aromatic N) is 1. The van der Waals surface area contributed by atoms with Crippen molar-refractivity contribution >= 4 is 6.09 Å². The molecule has 0 fully saturated rings. The highest BCUT2D eigenvalue weighted by atomic mass is 16.4. The number of hydrogen-bond acceptors (Lipinski definition) is 2. The molecule has 0 radical (unpaired) electrons. The minimum Gasteiger partial charge on any atom is -0.465 e. The molecule has 4 nitrogen and oxygen atoms in total. The van der Waals surface area contributed by atoms with Crippen LogP contribution in [0.4, 0.5) is 4.79 Å². The van der Waals surface area contributed by atoms with E-state index in [9.17, 15) is 9.90 Å². The van der Waals surface area contributed by atoms with Crippen LogP contribution in [0.1, 0.15) is 39.2 Å². The molecule has 0 aliphatic rings. The lowest BCUT2D eigenvalue weighted by atomic mass is 10.0. The molecular formula is C17H28N2O2. The van der Waals surface area contributed by atoms with E-state index in [2.05, 4.69) is 26.1 Å². The van der Waals surface area contributed by atoms with Crippen molar-refractivity contribution in [2.45, 2.75) is 46.2 Å². The van der Waals surface area contributed by atoms with E-state index in [1.54, 1.807) is 0 Å². The van der Waals surface area contributed by atoms with Crippen molar-refractivity contribution < 1.29 is 9.90 Å². The molecule has 1 rings (SSSR count). The lowest BCUT2D eigenvalue weighted by Crippen LogP contribution is -2.43. The second-order valence-corrected chi connectivity index (χ2v) is 5.93. The monoisotopic (exact) mass is 292 g/mol. The Labute approximate surface area is 128 Å². The van der Waals surface area contributed by atoms with Crippen LogP contribution in [0.15, 0.2) is 30.3 Å². The fourth-order valence-corrected chi connectivity index (χ4v) is 2.42. The first kappa shape index (κ1) is 17.5. The van der Waals surface area contributed by atoms with Gasteiger partial charge in [-0.3, -0.25) is 0 Å². The zero-order valence-corrected chi connectivity index (χ0v) is 13.4. The van der Waals surface area contributed by atoms with Gasteiger partial charge in [-0.15, -0.1) is 0 Å². The Bertz CT molecular complexity index is 407. The first-order valence-corrected chi connectivity index (χ1v) is 7.78. The number of nitrogens with one attached hydrogen (secondary N) is 1. The van der Waals surface area contributed by atoms with E-state index in [0.29, 0.717) is 19.0 Å². The van der Waals surface area contributed by atoms with Crippen molar-refractivity contribution in [2.24, 2.45) is 5.92 Å². The van der Waals surface area contributed by atoms with Crippen molar-refractivity contribution in [3.05, 3.63) is 35.9 Å². The lowest BCUT2D eigenvalue weighted by Gasteiger charge is -2.27. The smallest absolute Gasteiger partial charge is 0.407 e. The van der Waals surface area contributed by atoms with Crippen LogP contribution < -0.4 is 5.32 Å². The Balaban J connectivity index is 2.67. The molecule has 0 aromatic heterocycles. The fourth-order valence-electron chi connectivity index (χ4n) is 2.42. The summed E-state index contributed by atoms with van der Waals surface area (Å²) in [4.78, 5) is 13.0. The summed E-state index contributed by atoms with van der Waals surface area (Å²) in [7, 11) is 0. The van der Waals surface area contributed by atoms with Gasteiger partial charge in [0.05, 0.1) is 0 Å². The number of hydrogen-bond donors (Lipinski definition) is 2. The summed E-state index contributed by atoms with van der Waals surface area (Å²) < 4.78 is 0. The second-order valence-electron chi connectivity index (χ2n) is 5.93. The predicted molar refractivity (Wildman–Crippen MR) is 86.4 cm³/mol. The molecule has 0 spiro atoms. The Morgan fingerprint density at radius 3 is 2.48 bits per heavy atom. The molecule has 0 unspecified atom stereocenters. The fraction of sp³-hybridized carbons (Fsp3) is 0.588. The lowest BCUT2D eigenvalue weighted by molar-refractivity contribution is 0.134. The van der Waals surface area contributed by atoms with E-state index in [-0.39, 0.29) is 6.04 Å². The van der Waals surface area contributed by atoms with Gasteiger partial charge in [-0.05, 0) is 30.9 Å². The van der Waals surface area contributed by atoms with Gasteiger partial charge in [0.2, 0.25) is 0 Å². The zero-order chi connectivity index (χ0) is 15.7. The first-order valence-electron chi connectivity index (χ1n) is 7.78. The maximum atomic E-state index is 11.5. The third kappa shape index (κ3) is 7.14. The van der Waals surface area contributed by atoms with E-state index < -0.39 is 6.09 Å². The molecule has 0 bridgehead atoms. The molecular weight excluding hydrogens is 264 g/mol. The van der Waals surface area contributed by atoms with Gasteiger partial charge < -0.3 is 15.3 Å². The van der Waals surface area contributed by atoms with Crippen LogP contribution >= 0.6 is 0 Å². The molecule has 1 aromatic rings. The standard InChI is InChI=1S/C17H28N2O2/c1-4-10-18-16(11-14(2)3)13-19(17(20)21)12-15-8-6-5-7-9-15/h5-9,14,16,18H,4,10-13H2,1-3H3,(H,20,21)/t16-/m0/s1. The van der Waals surface area contributed by atoms with Crippen molar-refractivity contribution in [1.29, 1.82) is 0 Å². The van der Waals surface area contributed by atoms with Crippen molar-refractivity contribution in [3.63, 3.8) is 0 Å². The van der Waals surface area contributed by atoms with E-state index in [1.165, 1.54) is 4.90 Å². The molecule has 1 atom stereocenters. The average Bonchev–Trinajstić information content (AvgIpc) is 2.44. The minimum atomic E-state index is -0.856. The van der Waals surface area contributed by atoms with Gasteiger partial charge in [-0.1, -0.05) is 51.1 Å². The molecule has 1 aromatic carbocycles. The quantitative estimate of drug-likeness (QED) is 0.731. The topological polar surface area (TPSA) is 52.6 Å². The van der Waals surface area contributed by atoms with Crippen LogP contribution in [0, 0.1) is 5.92 Å².